The number of rotatable bonds is 7. The Labute approximate surface area is 198 Å². The van der Waals surface area contributed by atoms with Gasteiger partial charge >= 0.3 is 5.97 Å². The van der Waals surface area contributed by atoms with Gasteiger partial charge in [0.2, 0.25) is 5.75 Å². The molecule has 1 aromatic heterocycles. The van der Waals surface area contributed by atoms with E-state index in [4.69, 9.17) is 29.4 Å². The van der Waals surface area contributed by atoms with E-state index in [9.17, 15) is 4.79 Å². The molecule has 9 nitrogen and oxygen atoms in total. The Morgan fingerprint density at radius 2 is 1.74 bits per heavy atom. The minimum atomic E-state index is -0.592. The summed E-state index contributed by atoms with van der Waals surface area (Å²) in [5.41, 5.74) is 9.16. The number of ether oxygens (including phenoxy) is 5. The average Bonchev–Trinajstić information content (AvgIpc) is 2.89. The topological polar surface area (TPSA) is 105 Å². The molecule has 0 bridgehead atoms. The molecule has 1 saturated heterocycles. The quantitative estimate of drug-likeness (QED) is 0.414. The first-order valence-electron chi connectivity index (χ1n) is 11.0. The first kappa shape index (κ1) is 23.7. The molecular formula is C25H29N3O6. The number of morpholine rings is 1. The van der Waals surface area contributed by atoms with Crippen LogP contribution >= 0.6 is 0 Å². The van der Waals surface area contributed by atoms with Crippen molar-refractivity contribution in [2.45, 2.75) is 13.1 Å². The van der Waals surface area contributed by atoms with Crippen LogP contribution in [0.25, 0.3) is 10.9 Å². The van der Waals surface area contributed by atoms with Crippen LogP contribution in [0.5, 0.6) is 23.0 Å². The number of benzene rings is 2. The number of aromatic nitrogens is 1. The van der Waals surface area contributed by atoms with Crippen LogP contribution in [0.3, 0.4) is 0 Å². The number of nitrogens with zero attached hydrogens (tertiary/aromatic N) is 2. The highest BCUT2D eigenvalue weighted by Crippen LogP contribution is 2.40. The molecule has 4 rings (SSSR count). The molecule has 0 amide bonds. The standard InChI is InChI=1S/C25H29N3O6/c1-15-12-18(24(26)28-8-10-33-11-9-28)22(21-17(15)6-5-7-27-21)34-25(29)16-13-19(30-2)23(32-4)20(14-16)31-3/h5-7,12-14,24H,8-11,26H2,1-4H3. The van der Waals surface area contributed by atoms with Crippen molar-refractivity contribution >= 4 is 16.9 Å². The summed E-state index contributed by atoms with van der Waals surface area (Å²) < 4.78 is 27.6. The van der Waals surface area contributed by atoms with Gasteiger partial charge in [0.1, 0.15) is 5.52 Å². The Morgan fingerprint density at radius 1 is 1.06 bits per heavy atom. The molecule has 1 atom stereocenters. The monoisotopic (exact) mass is 467 g/mol. The van der Waals surface area contributed by atoms with Gasteiger partial charge in [0.05, 0.1) is 46.3 Å². The number of aryl methyl sites for hydroxylation is 1. The molecule has 0 saturated carbocycles. The third kappa shape index (κ3) is 4.50. The molecule has 0 radical (unpaired) electrons. The van der Waals surface area contributed by atoms with Crippen LogP contribution in [0, 0.1) is 6.92 Å². The fourth-order valence-corrected chi connectivity index (χ4v) is 4.15. The van der Waals surface area contributed by atoms with Gasteiger partial charge in [-0.25, -0.2) is 4.79 Å². The molecule has 1 unspecified atom stereocenters. The zero-order valence-corrected chi connectivity index (χ0v) is 19.8. The van der Waals surface area contributed by atoms with Gasteiger partial charge in [-0.2, -0.15) is 0 Å². The first-order valence-corrected chi connectivity index (χ1v) is 11.0. The highest BCUT2D eigenvalue weighted by atomic mass is 16.5. The van der Waals surface area contributed by atoms with Gasteiger partial charge in [0.25, 0.3) is 0 Å². The number of carbonyl (C=O) groups is 1. The van der Waals surface area contributed by atoms with E-state index in [0.29, 0.717) is 60.4 Å². The number of nitrogens with two attached hydrogens (primary N) is 1. The lowest BCUT2D eigenvalue weighted by Gasteiger charge is -2.33. The molecule has 34 heavy (non-hydrogen) atoms. The van der Waals surface area contributed by atoms with Gasteiger partial charge in [0, 0.05) is 30.2 Å². The Morgan fingerprint density at radius 3 is 2.35 bits per heavy atom. The van der Waals surface area contributed by atoms with Crippen molar-refractivity contribution in [2.24, 2.45) is 5.73 Å². The van der Waals surface area contributed by atoms with Crippen LogP contribution in [0.4, 0.5) is 0 Å². The molecule has 1 aliphatic rings. The van der Waals surface area contributed by atoms with E-state index in [2.05, 4.69) is 9.88 Å². The summed E-state index contributed by atoms with van der Waals surface area (Å²) in [6.07, 6.45) is 1.18. The molecular weight excluding hydrogens is 438 g/mol. The minimum absolute atomic E-state index is 0.241. The zero-order chi connectivity index (χ0) is 24.2. The molecule has 2 N–H and O–H groups in total. The van der Waals surface area contributed by atoms with E-state index in [1.165, 1.54) is 21.3 Å². The molecule has 1 fully saturated rings. The lowest BCUT2D eigenvalue weighted by Crippen LogP contribution is -2.42. The zero-order valence-electron chi connectivity index (χ0n) is 19.8. The third-order valence-corrected chi connectivity index (χ3v) is 5.93. The molecule has 1 aliphatic heterocycles. The van der Waals surface area contributed by atoms with E-state index < -0.39 is 12.1 Å². The Hall–Kier alpha value is -3.40. The fraction of sp³-hybridized carbons (Fsp3) is 0.360. The molecule has 9 heteroatoms. The van der Waals surface area contributed by atoms with Gasteiger partial charge in [-0.15, -0.1) is 0 Å². The van der Waals surface area contributed by atoms with Crippen LogP contribution in [-0.2, 0) is 4.74 Å². The van der Waals surface area contributed by atoms with Crippen molar-refractivity contribution in [3.63, 3.8) is 0 Å². The normalized spacial score (nSPS) is 15.1. The SMILES string of the molecule is COc1cc(C(=O)Oc2c(C(N)N3CCOCC3)cc(C)c3cccnc23)cc(OC)c1OC. The summed E-state index contributed by atoms with van der Waals surface area (Å²) in [5, 5.41) is 0.883. The van der Waals surface area contributed by atoms with E-state index in [0.717, 1.165) is 10.9 Å². The van der Waals surface area contributed by atoms with E-state index in [1.54, 1.807) is 18.3 Å². The summed E-state index contributed by atoms with van der Waals surface area (Å²) in [6, 6.07) is 8.85. The molecule has 0 aliphatic carbocycles. The second-order valence-corrected chi connectivity index (χ2v) is 7.91. The summed E-state index contributed by atoms with van der Waals surface area (Å²) in [7, 11) is 4.48. The maximum atomic E-state index is 13.4. The van der Waals surface area contributed by atoms with Crippen molar-refractivity contribution in [3.05, 3.63) is 53.2 Å². The third-order valence-electron chi connectivity index (χ3n) is 5.93. The van der Waals surface area contributed by atoms with Crippen LogP contribution < -0.4 is 24.7 Å². The highest BCUT2D eigenvalue weighted by molar-refractivity contribution is 5.96. The Kier molecular flexibility index (Phi) is 7.16. The summed E-state index contributed by atoms with van der Waals surface area (Å²) in [6.45, 7) is 4.55. The lowest BCUT2D eigenvalue weighted by atomic mass is 10.0. The molecule has 180 valence electrons. The largest absolute Gasteiger partial charge is 0.493 e. The number of carbonyl (C=O) groups excluding carboxylic acids is 1. The minimum Gasteiger partial charge on any atom is -0.493 e. The number of methoxy groups -OCH3 is 3. The van der Waals surface area contributed by atoms with E-state index in [1.807, 2.05) is 25.1 Å². The van der Waals surface area contributed by atoms with Gasteiger partial charge in [-0.1, -0.05) is 6.07 Å². The fourth-order valence-electron chi connectivity index (χ4n) is 4.15. The maximum absolute atomic E-state index is 13.4. The Balaban J connectivity index is 1.79. The van der Waals surface area contributed by atoms with E-state index in [-0.39, 0.29) is 5.56 Å². The number of fused-ring (bicyclic) bond motifs is 1. The number of hydrogen-bond acceptors (Lipinski definition) is 9. The molecule has 2 heterocycles. The maximum Gasteiger partial charge on any atom is 0.343 e. The smallest absolute Gasteiger partial charge is 0.343 e. The molecule has 2 aromatic carbocycles. The number of pyridine rings is 1. The van der Waals surface area contributed by atoms with Gasteiger partial charge in [0.15, 0.2) is 17.2 Å². The van der Waals surface area contributed by atoms with Crippen molar-refractivity contribution in [2.75, 3.05) is 47.6 Å². The van der Waals surface area contributed by atoms with Crippen molar-refractivity contribution in [1.82, 2.24) is 9.88 Å². The second-order valence-electron chi connectivity index (χ2n) is 7.91. The van der Waals surface area contributed by atoms with Crippen LogP contribution in [-0.4, -0.2) is 63.5 Å². The van der Waals surface area contributed by atoms with Gasteiger partial charge in [-0.05, 0) is 36.8 Å². The molecule has 0 spiro atoms. The average molecular weight is 468 g/mol. The first-order chi connectivity index (χ1) is 16.5. The number of esters is 1. The predicted octanol–water partition coefficient (Wildman–Crippen LogP) is 3.08. The summed E-state index contributed by atoms with van der Waals surface area (Å²) >= 11 is 0. The highest BCUT2D eigenvalue weighted by Gasteiger charge is 2.27. The van der Waals surface area contributed by atoms with Crippen LogP contribution in [0.1, 0.15) is 27.7 Å². The number of hydrogen-bond donors (Lipinski definition) is 1. The predicted molar refractivity (Wildman–Crippen MR) is 127 cm³/mol. The van der Waals surface area contributed by atoms with Crippen LogP contribution in [0.2, 0.25) is 0 Å². The van der Waals surface area contributed by atoms with Crippen molar-refractivity contribution < 1.29 is 28.5 Å². The van der Waals surface area contributed by atoms with Gasteiger partial charge < -0.3 is 29.4 Å². The van der Waals surface area contributed by atoms with Crippen molar-refractivity contribution in [1.29, 1.82) is 0 Å². The summed E-state index contributed by atoms with van der Waals surface area (Å²) in [5.74, 6) is 0.834. The summed E-state index contributed by atoms with van der Waals surface area (Å²) in [4.78, 5) is 20.0. The Bertz CT molecular complexity index is 1170. The molecule has 3 aromatic rings. The van der Waals surface area contributed by atoms with Gasteiger partial charge in [-0.3, -0.25) is 9.88 Å². The van der Waals surface area contributed by atoms with Crippen LogP contribution in [0.15, 0.2) is 36.5 Å². The van der Waals surface area contributed by atoms with Crippen molar-refractivity contribution in [3.8, 4) is 23.0 Å². The second kappa shape index (κ2) is 10.3. The van der Waals surface area contributed by atoms with E-state index >= 15 is 0 Å². The lowest BCUT2D eigenvalue weighted by molar-refractivity contribution is 0.0168.